The Morgan fingerprint density at radius 3 is 1.87 bits per heavy atom. The summed E-state index contributed by atoms with van der Waals surface area (Å²) in [5, 5.41) is 139. The molecule has 24 heteroatoms. The highest BCUT2D eigenvalue weighted by atomic mass is 16.8. The number of benzene rings is 3. The number of esters is 1. The second kappa shape index (κ2) is 20.9. The summed E-state index contributed by atoms with van der Waals surface area (Å²) < 4.78 is 51.1. The molecule has 0 bridgehead atoms. The van der Waals surface area contributed by atoms with Gasteiger partial charge in [-0.3, -0.25) is 4.79 Å². The number of hydrogen-bond donors (Lipinski definition) is 13. The average molecular weight is 963 g/mol. The maximum absolute atomic E-state index is 13.8. The summed E-state index contributed by atoms with van der Waals surface area (Å²) in [5.41, 5.74) is -1.40. The minimum atomic E-state index is -2.12. The zero-order chi connectivity index (χ0) is 49.3. The van der Waals surface area contributed by atoms with Crippen LogP contribution in [0, 0.1) is 0 Å². The fourth-order valence-corrected chi connectivity index (χ4v) is 8.09. The highest BCUT2D eigenvalue weighted by Gasteiger charge is 2.56. The van der Waals surface area contributed by atoms with Crippen molar-refractivity contribution in [1.29, 1.82) is 0 Å². The van der Waals surface area contributed by atoms with Gasteiger partial charge in [-0.25, -0.2) is 4.79 Å². The van der Waals surface area contributed by atoms with E-state index in [1.165, 1.54) is 56.7 Å². The number of phenols is 4. The first-order valence-electron chi connectivity index (χ1n) is 20.8. The molecule has 4 heterocycles. The molecule has 1 aromatic heterocycles. The summed E-state index contributed by atoms with van der Waals surface area (Å²) >= 11 is 0. The van der Waals surface area contributed by atoms with E-state index in [-0.39, 0.29) is 39.9 Å². The second-order valence-corrected chi connectivity index (χ2v) is 15.9. The average Bonchev–Trinajstić information content (AvgIpc) is 3.32. The molecule has 7 rings (SSSR count). The zero-order valence-corrected chi connectivity index (χ0v) is 35.9. The standard InChI is InChI=1S/C44H50O24/c1-60-23-9-16(3-6-18(23)48)4-8-29(52)66-42-39(31-21(51)12-25-30(35(31)56)20(50)11-22(62-25)17-5-7-19(49)24(10-17)61-2)63-28(15-47)34(55)40(42)67-44-41(37(58)33(54)27(14-46)65-44)68-43-38(59)36(57)32(53)26(13-45)64-43/h3-12,26-28,32-34,36-49,51,53-59H,13-15H2,1-2H3/b8-4+/t26-,27+,28-,32-,33+,34+,36+,37-,38+,39+,40-,41+,42-,43+,44-/m1/s1. The highest BCUT2D eigenvalue weighted by Crippen LogP contribution is 2.47. The molecule has 3 aromatic carbocycles. The number of aliphatic hydroxyl groups is 9. The van der Waals surface area contributed by atoms with Crippen LogP contribution in [0.25, 0.3) is 28.4 Å². The molecule has 0 radical (unpaired) electrons. The Kier molecular flexibility index (Phi) is 15.4. The number of carbonyl (C=O) groups is 1. The quantitative estimate of drug-likeness (QED) is 0.0468. The molecule has 3 aliphatic rings. The van der Waals surface area contributed by atoms with Gasteiger partial charge in [-0.15, -0.1) is 0 Å². The van der Waals surface area contributed by atoms with Crippen molar-refractivity contribution in [3.05, 3.63) is 76.0 Å². The van der Waals surface area contributed by atoms with E-state index in [1.54, 1.807) is 0 Å². The normalized spacial score (nSPS) is 32.0. The molecular weight excluding hydrogens is 912 g/mol. The number of carbonyl (C=O) groups excluding carboxylic acids is 1. The lowest BCUT2D eigenvalue weighted by Crippen LogP contribution is -2.66. The number of fused-ring (bicyclic) bond motifs is 1. The molecule has 0 saturated carbocycles. The van der Waals surface area contributed by atoms with Crippen molar-refractivity contribution < 1.29 is 113 Å². The summed E-state index contributed by atoms with van der Waals surface area (Å²) in [6.45, 7) is -2.90. The third-order valence-corrected chi connectivity index (χ3v) is 11.7. The van der Waals surface area contributed by atoms with Crippen molar-refractivity contribution in [2.75, 3.05) is 34.0 Å². The van der Waals surface area contributed by atoms with Crippen LogP contribution in [0.1, 0.15) is 17.2 Å². The van der Waals surface area contributed by atoms with Crippen LogP contribution in [0.4, 0.5) is 0 Å². The first kappa shape index (κ1) is 50.2. The van der Waals surface area contributed by atoms with Crippen molar-refractivity contribution >= 4 is 23.0 Å². The van der Waals surface area contributed by atoms with Gasteiger partial charge in [0.2, 0.25) is 0 Å². The van der Waals surface area contributed by atoms with Crippen molar-refractivity contribution in [2.45, 2.75) is 91.9 Å². The van der Waals surface area contributed by atoms with E-state index in [0.717, 1.165) is 18.2 Å². The van der Waals surface area contributed by atoms with Gasteiger partial charge in [0.1, 0.15) is 101 Å². The fraction of sp³-hybridized carbons (Fsp3) is 0.455. The molecule has 15 atom stereocenters. The molecule has 3 saturated heterocycles. The minimum absolute atomic E-state index is 0.0272. The van der Waals surface area contributed by atoms with Gasteiger partial charge in [-0.1, -0.05) is 6.07 Å². The number of aromatic hydroxyl groups is 4. The van der Waals surface area contributed by atoms with Crippen molar-refractivity contribution in [1.82, 2.24) is 0 Å². The number of phenolic OH excluding ortho intramolecular Hbond substituents is 4. The Morgan fingerprint density at radius 1 is 0.632 bits per heavy atom. The van der Waals surface area contributed by atoms with Crippen LogP contribution in [0.3, 0.4) is 0 Å². The van der Waals surface area contributed by atoms with Crippen LogP contribution in [0.15, 0.2) is 63.8 Å². The van der Waals surface area contributed by atoms with Gasteiger partial charge in [0.25, 0.3) is 0 Å². The van der Waals surface area contributed by atoms with Crippen LogP contribution in [-0.2, 0) is 33.2 Å². The fourth-order valence-electron chi connectivity index (χ4n) is 8.09. The first-order chi connectivity index (χ1) is 32.4. The third kappa shape index (κ3) is 9.78. The molecule has 3 aliphatic heterocycles. The van der Waals surface area contributed by atoms with E-state index in [0.29, 0.717) is 5.56 Å². The molecule has 13 N–H and O–H groups in total. The van der Waals surface area contributed by atoms with Crippen molar-refractivity contribution in [3.8, 4) is 45.8 Å². The van der Waals surface area contributed by atoms with E-state index in [1.807, 2.05) is 0 Å². The maximum Gasteiger partial charge on any atom is 0.331 e. The zero-order valence-electron chi connectivity index (χ0n) is 35.9. The molecule has 0 spiro atoms. The molecule has 370 valence electrons. The summed E-state index contributed by atoms with van der Waals surface area (Å²) in [5.74, 6) is -3.55. The van der Waals surface area contributed by atoms with Crippen LogP contribution in [-0.4, -0.2) is 192 Å². The SMILES string of the molecule is COc1cc(/C=C/C(=O)O[C@H]2[C@H](O[C@H]3O[C@@H](CO)[C@H](O)[C@@H](O)[C@@H]3O[C@@H]3O[C@H](CO)[C@@H](O)[C@H](O)[C@@H]3O)[C@@H](O)[C@@H](CO)O[C@H]2c2c(O)cc3oc(-c4ccc(O)c(OC)c4)cc(=O)c3c2O)ccc1O. The molecular formula is C44H50O24. The Hall–Kier alpha value is -5.68. The minimum Gasteiger partial charge on any atom is -0.507 e. The Morgan fingerprint density at radius 2 is 1.22 bits per heavy atom. The van der Waals surface area contributed by atoms with Crippen molar-refractivity contribution in [3.63, 3.8) is 0 Å². The Labute approximate surface area is 383 Å². The summed E-state index contributed by atoms with van der Waals surface area (Å²) in [7, 11) is 2.58. The maximum atomic E-state index is 13.8. The molecule has 68 heavy (non-hydrogen) atoms. The molecule has 24 nitrogen and oxygen atoms in total. The summed E-state index contributed by atoms with van der Waals surface area (Å²) in [6.07, 6.45) is -27.2. The van der Waals surface area contributed by atoms with Crippen LogP contribution in [0.5, 0.6) is 34.5 Å². The summed E-state index contributed by atoms with van der Waals surface area (Å²) in [6, 6.07) is 9.97. The lowest BCUT2D eigenvalue weighted by Gasteiger charge is -2.49. The Balaban J connectivity index is 1.32. The first-order valence-corrected chi connectivity index (χ1v) is 20.8. The number of hydrogen-bond acceptors (Lipinski definition) is 24. The van der Waals surface area contributed by atoms with Gasteiger partial charge in [0.05, 0.1) is 39.6 Å². The van der Waals surface area contributed by atoms with Crippen molar-refractivity contribution in [2.24, 2.45) is 0 Å². The van der Waals surface area contributed by atoms with Gasteiger partial charge in [-0.2, -0.15) is 0 Å². The number of ether oxygens (including phenoxy) is 8. The monoisotopic (exact) mass is 962 g/mol. The van der Waals surface area contributed by atoms with Crippen LogP contribution >= 0.6 is 0 Å². The molecule has 4 aromatic rings. The van der Waals surface area contributed by atoms with E-state index >= 15 is 0 Å². The molecule has 3 fully saturated rings. The van der Waals surface area contributed by atoms with Gasteiger partial charge < -0.3 is 109 Å². The predicted molar refractivity (Wildman–Crippen MR) is 225 cm³/mol. The van der Waals surface area contributed by atoms with E-state index in [9.17, 15) is 76.0 Å². The second-order valence-electron chi connectivity index (χ2n) is 15.9. The van der Waals surface area contributed by atoms with E-state index in [4.69, 9.17) is 42.3 Å². The molecule has 0 aliphatic carbocycles. The van der Waals surface area contributed by atoms with E-state index < -0.39 is 146 Å². The third-order valence-electron chi connectivity index (χ3n) is 11.7. The topological polar surface area (TPSA) is 384 Å². The largest absolute Gasteiger partial charge is 0.507 e. The van der Waals surface area contributed by atoms with Gasteiger partial charge in [-0.05, 0) is 42.0 Å². The number of rotatable bonds is 14. The smallest absolute Gasteiger partial charge is 0.331 e. The van der Waals surface area contributed by atoms with Crippen LogP contribution in [0.2, 0.25) is 0 Å². The van der Waals surface area contributed by atoms with E-state index in [2.05, 4.69) is 0 Å². The van der Waals surface area contributed by atoms with Gasteiger partial charge in [0.15, 0.2) is 47.1 Å². The highest BCUT2D eigenvalue weighted by molar-refractivity contribution is 5.89. The predicted octanol–water partition coefficient (Wildman–Crippen LogP) is -2.27. The summed E-state index contributed by atoms with van der Waals surface area (Å²) in [4.78, 5) is 27.6. The number of aliphatic hydroxyl groups excluding tert-OH is 9. The molecule has 0 amide bonds. The van der Waals surface area contributed by atoms with Gasteiger partial charge in [0, 0.05) is 23.8 Å². The Bertz CT molecular complexity index is 2510. The number of methoxy groups -OCH3 is 2. The lowest BCUT2D eigenvalue weighted by molar-refractivity contribution is -0.382. The lowest BCUT2D eigenvalue weighted by atomic mass is 9.88. The molecule has 0 unspecified atom stereocenters. The van der Waals surface area contributed by atoms with Crippen LogP contribution < -0.4 is 14.9 Å². The van der Waals surface area contributed by atoms with Gasteiger partial charge >= 0.3 is 5.97 Å².